The van der Waals surface area contributed by atoms with Crippen LogP contribution in [0.5, 0.6) is 0 Å². The van der Waals surface area contributed by atoms with Crippen LogP contribution in [0.1, 0.15) is 34.8 Å². The molecule has 0 fully saturated rings. The van der Waals surface area contributed by atoms with Crippen LogP contribution in [-0.2, 0) is 22.4 Å². The van der Waals surface area contributed by atoms with Crippen molar-refractivity contribution < 1.29 is 19.2 Å². The predicted octanol–water partition coefficient (Wildman–Crippen LogP) is 2.85. The van der Waals surface area contributed by atoms with Crippen LogP contribution < -0.4 is 11.1 Å². The van der Waals surface area contributed by atoms with Crippen molar-refractivity contribution >= 4 is 28.9 Å². The molecule has 1 atom stereocenters. The number of ether oxygens (including phenoxy) is 1. The van der Waals surface area contributed by atoms with Gasteiger partial charge in [0.25, 0.3) is 11.6 Å². The number of nitro benzene ring substituents is 1. The van der Waals surface area contributed by atoms with Gasteiger partial charge in [-0.15, -0.1) is 0 Å². The zero-order chi connectivity index (χ0) is 19.6. The number of nitrogens with one attached hydrogen (secondary N) is 1. The molecular formula is C19H19N3O5. The van der Waals surface area contributed by atoms with Crippen LogP contribution in [0.15, 0.2) is 36.4 Å². The first-order chi connectivity index (χ1) is 12.8. The molecule has 1 aliphatic rings. The Morgan fingerprint density at radius 1 is 1.19 bits per heavy atom. The Kier molecular flexibility index (Phi) is 5.07. The van der Waals surface area contributed by atoms with E-state index in [0.29, 0.717) is 5.69 Å². The van der Waals surface area contributed by atoms with E-state index in [0.717, 1.165) is 25.3 Å². The van der Waals surface area contributed by atoms with Gasteiger partial charge in [0.05, 0.1) is 10.5 Å². The highest BCUT2D eigenvalue weighted by Crippen LogP contribution is 2.25. The molecule has 8 heteroatoms. The van der Waals surface area contributed by atoms with Crippen molar-refractivity contribution in [3.05, 3.63) is 63.2 Å². The lowest BCUT2D eigenvalue weighted by Crippen LogP contribution is -2.30. The molecule has 2 aromatic carbocycles. The van der Waals surface area contributed by atoms with E-state index in [1.165, 1.54) is 30.2 Å². The van der Waals surface area contributed by atoms with Gasteiger partial charge < -0.3 is 15.8 Å². The molecule has 3 rings (SSSR count). The van der Waals surface area contributed by atoms with Crippen molar-refractivity contribution in [1.29, 1.82) is 0 Å². The maximum Gasteiger partial charge on any atom is 0.341 e. The van der Waals surface area contributed by atoms with E-state index in [4.69, 9.17) is 10.5 Å². The molecule has 2 aromatic rings. The third-order valence-corrected chi connectivity index (χ3v) is 4.49. The van der Waals surface area contributed by atoms with Gasteiger partial charge in [-0.2, -0.15) is 0 Å². The molecule has 140 valence electrons. The smallest absolute Gasteiger partial charge is 0.341 e. The molecule has 1 aliphatic carbocycles. The summed E-state index contributed by atoms with van der Waals surface area (Å²) in [6, 6.07) is 9.20. The largest absolute Gasteiger partial charge is 0.449 e. The molecule has 0 aliphatic heterocycles. The summed E-state index contributed by atoms with van der Waals surface area (Å²) in [4.78, 5) is 34.8. The zero-order valence-electron chi connectivity index (χ0n) is 14.7. The van der Waals surface area contributed by atoms with Crippen molar-refractivity contribution in [2.75, 3.05) is 11.1 Å². The van der Waals surface area contributed by atoms with Crippen LogP contribution in [0.2, 0.25) is 0 Å². The number of carbonyl (C=O) groups is 2. The first kappa shape index (κ1) is 18.4. The average Bonchev–Trinajstić information content (AvgIpc) is 3.09. The number of aryl methyl sites for hydroxylation is 2. The summed E-state index contributed by atoms with van der Waals surface area (Å²) in [7, 11) is 0. The number of esters is 1. The van der Waals surface area contributed by atoms with Crippen LogP contribution >= 0.6 is 0 Å². The number of nitro groups is 1. The Bertz CT molecular complexity index is 926. The Balaban J connectivity index is 1.66. The quantitative estimate of drug-likeness (QED) is 0.361. The molecule has 0 saturated heterocycles. The number of benzene rings is 2. The second kappa shape index (κ2) is 7.45. The first-order valence-corrected chi connectivity index (χ1v) is 8.52. The second-order valence-corrected chi connectivity index (χ2v) is 6.40. The van der Waals surface area contributed by atoms with Crippen molar-refractivity contribution in [3.63, 3.8) is 0 Å². The molecule has 27 heavy (non-hydrogen) atoms. The second-order valence-electron chi connectivity index (χ2n) is 6.40. The lowest BCUT2D eigenvalue weighted by atomic mass is 10.1. The maximum absolute atomic E-state index is 12.3. The predicted molar refractivity (Wildman–Crippen MR) is 99.5 cm³/mol. The molecule has 3 N–H and O–H groups in total. The minimum Gasteiger partial charge on any atom is -0.449 e. The van der Waals surface area contributed by atoms with E-state index in [1.54, 1.807) is 0 Å². The SMILES string of the molecule is C[C@@H](OC(=O)c1cc([N+](=O)[O-])ccc1N)C(=O)Nc1ccc2c(c1)CCC2. The maximum atomic E-state index is 12.3. The van der Waals surface area contributed by atoms with Crippen LogP contribution in [0.3, 0.4) is 0 Å². The van der Waals surface area contributed by atoms with E-state index in [9.17, 15) is 19.7 Å². The molecule has 0 aromatic heterocycles. The van der Waals surface area contributed by atoms with Gasteiger partial charge in [-0.25, -0.2) is 4.79 Å². The summed E-state index contributed by atoms with van der Waals surface area (Å²) >= 11 is 0. The van der Waals surface area contributed by atoms with E-state index in [1.807, 2.05) is 18.2 Å². The summed E-state index contributed by atoms with van der Waals surface area (Å²) in [5.74, 6) is -1.39. The average molecular weight is 369 g/mol. The lowest BCUT2D eigenvalue weighted by molar-refractivity contribution is -0.384. The normalized spacial score (nSPS) is 13.5. The number of fused-ring (bicyclic) bond motifs is 1. The number of carbonyl (C=O) groups excluding carboxylic acids is 2. The summed E-state index contributed by atoms with van der Waals surface area (Å²) in [6.45, 7) is 1.42. The molecule has 0 radical (unpaired) electrons. The molecule has 1 amide bonds. The van der Waals surface area contributed by atoms with Gasteiger partial charge in [0.2, 0.25) is 0 Å². The van der Waals surface area contributed by atoms with E-state index in [2.05, 4.69) is 5.32 Å². The van der Waals surface area contributed by atoms with Gasteiger partial charge in [0.15, 0.2) is 6.10 Å². The van der Waals surface area contributed by atoms with Crippen molar-refractivity contribution in [2.45, 2.75) is 32.3 Å². The first-order valence-electron chi connectivity index (χ1n) is 8.52. The molecule has 8 nitrogen and oxygen atoms in total. The summed E-state index contributed by atoms with van der Waals surface area (Å²) in [5, 5.41) is 13.6. The fourth-order valence-electron chi connectivity index (χ4n) is 3.01. The Morgan fingerprint density at radius 2 is 1.93 bits per heavy atom. The number of hydrogen-bond donors (Lipinski definition) is 2. The van der Waals surface area contributed by atoms with E-state index in [-0.39, 0.29) is 16.9 Å². The number of anilines is 2. The van der Waals surface area contributed by atoms with Gasteiger partial charge in [-0.1, -0.05) is 6.07 Å². The standard InChI is InChI=1S/C19H19N3O5/c1-11(18(23)21-14-6-5-12-3-2-4-13(12)9-14)27-19(24)16-10-15(22(25)26)7-8-17(16)20/h5-11H,2-4,20H2,1H3,(H,21,23)/t11-/m1/s1. The number of amides is 1. The van der Waals surface area contributed by atoms with Crippen molar-refractivity contribution in [3.8, 4) is 0 Å². The fraction of sp³-hybridized carbons (Fsp3) is 0.263. The van der Waals surface area contributed by atoms with Crippen LogP contribution in [0, 0.1) is 10.1 Å². The summed E-state index contributed by atoms with van der Waals surface area (Å²) in [5.41, 5.74) is 8.43. The molecular weight excluding hydrogens is 350 g/mol. The Morgan fingerprint density at radius 3 is 2.67 bits per heavy atom. The Hall–Kier alpha value is -3.42. The fourth-order valence-corrected chi connectivity index (χ4v) is 3.01. The topological polar surface area (TPSA) is 125 Å². The minimum atomic E-state index is -1.09. The van der Waals surface area contributed by atoms with Gasteiger partial charge >= 0.3 is 5.97 Å². The number of rotatable bonds is 5. The van der Waals surface area contributed by atoms with Gasteiger partial charge in [0, 0.05) is 23.5 Å². The lowest BCUT2D eigenvalue weighted by Gasteiger charge is -2.15. The number of nitrogen functional groups attached to an aromatic ring is 1. The molecule has 0 heterocycles. The zero-order valence-corrected chi connectivity index (χ0v) is 14.7. The summed E-state index contributed by atoms with van der Waals surface area (Å²) in [6.07, 6.45) is 2.04. The number of non-ortho nitro benzene ring substituents is 1. The highest BCUT2D eigenvalue weighted by Gasteiger charge is 2.23. The third-order valence-electron chi connectivity index (χ3n) is 4.49. The molecule has 0 bridgehead atoms. The van der Waals surface area contributed by atoms with Crippen LogP contribution in [0.4, 0.5) is 17.1 Å². The van der Waals surface area contributed by atoms with Crippen LogP contribution in [-0.4, -0.2) is 22.9 Å². The van der Waals surface area contributed by atoms with E-state index < -0.39 is 22.9 Å². The van der Waals surface area contributed by atoms with Crippen LogP contribution in [0.25, 0.3) is 0 Å². The number of hydrogen-bond acceptors (Lipinski definition) is 6. The molecule has 0 spiro atoms. The van der Waals surface area contributed by atoms with Gasteiger partial charge in [-0.3, -0.25) is 14.9 Å². The van der Waals surface area contributed by atoms with Crippen molar-refractivity contribution in [2.24, 2.45) is 0 Å². The third kappa shape index (κ3) is 4.05. The van der Waals surface area contributed by atoms with Crippen molar-refractivity contribution in [1.82, 2.24) is 0 Å². The Labute approximate surface area is 155 Å². The number of nitrogens with two attached hydrogens (primary N) is 1. The molecule has 0 saturated carbocycles. The molecule has 0 unspecified atom stereocenters. The highest BCUT2D eigenvalue weighted by molar-refractivity contribution is 5.99. The minimum absolute atomic E-state index is 0.0387. The summed E-state index contributed by atoms with van der Waals surface area (Å²) < 4.78 is 5.13. The highest BCUT2D eigenvalue weighted by atomic mass is 16.6. The van der Waals surface area contributed by atoms with Gasteiger partial charge in [0.1, 0.15) is 0 Å². The number of nitrogens with zero attached hydrogens (tertiary/aromatic N) is 1. The monoisotopic (exact) mass is 369 g/mol. The van der Waals surface area contributed by atoms with E-state index >= 15 is 0 Å². The van der Waals surface area contributed by atoms with Gasteiger partial charge in [-0.05, 0) is 55.5 Å².